The number of benzene rings is 1. The zero-order valence-electron chi connectivity index (χ0n) is 15.1. The van der Waals surface area contributed by atoms with Crippen molar-refractivity contribution in [3.8, 4) is 5.75 Å². The summed E-state index contributed by atoms with van der Waals surface area (Å²) < 4.78 is 5.22. The highest BCUT2D eigenvalue weighted by molar-refractivity contribution is 5.80. The lowest BCUT2D eigenvalue weighted by molar-refractivity contribution is -0.142. The Bertz CT molecular complexity index is 603. The van der Waals surface area contributed by atoms with Crippen LogP contribution in [0.4, 0.5) is 0 Å². The predicted molar refractivity (Wildman–Crippen MR) is 96.4 cm³/mol. The molecule has 136 valence electrons. The van der Waals surface area contributed by atoms with Crippen molar-refractivity contribution < 1.29 is 14.3 Å². The third kappa shape index (κ3) is 4.53. The van der Waals surface area contributed by atoms with E-state index in [2.05, 4.69) is 0 Å². The molecular weight excluding hydrogens is 316 g/mol. The van der Waals surface area contributed by atoms with Gasteiger partial charge in [0, 0.05) is 38.5 Å². The van der Waals surface area contributed by atoms with Crippen LogP contribution >= 0.6 is 0 Å². The maximum Gasteiger partial charge on any atom is 0.225 e. The quantitative estimate of drug-likeness (QED) is 0.825. The van der Waals surface area contributed by atoms with Gasteiger partial charge in [0.25, 0.3) is 0 Å². The van der Waals surface area contributed by atoms with Gasteiger partial charge in [0.2, 0.25) is 11.8 Å². The van der Waals surface area contributed by atoms with Crippen LogP contribution in [-0.2, 0) is 16.0 Å². The van der Waals surface area contributed by atoms with E-state index in [9.17, 15) is 9.59 Å². The Morgan fingerprint density at radius 2 is 1.76 bits per heavy atom. The van der Waals surface area contributed by atoms with Crippen molar-refractivity contribution in [2.24, 2.45) is 5.92 Å². The van der Waals surface area contributed by atoms with Gasteiger partial charge in [-0.1, -0.05) is 25.0 Å². The predicted octanol–water partition coefficient (Wildman–Crippen LogP) is 2.49. The zero-order valence-corrected chi connectivity index (χ0v) is 15.1. The van der Waals surface area contributed by atoms with Crippen molar-refractivity contribution in [2.75, 3.05) is 33.3 Å². The number of methoxy groups -OCH3 is 1. The number of hydrogen-bond acceptors (Lipinski definition) is 3. The summed E-state index contributed by atoms with van der Waals surface area (Å²) >= 11 is 0. The summed E-state index contributed by atoms with van der Waals surface area (Å²) in [5.41, 5.74) is 1.11. The van der Waals surface area contributed by atoms with Gasteiger partial charge in [-0.3, -0.25) is 9.59 Å². The molecule has 1 saturated heterocycles. The number of amides is 2. The molecule has 2 fully saturated rings. The van der Waals surface area contributed by atoms with E-state index in [1.807, 2.05) is 34.1 Å². The molecule has 0 aromatic heterocycles. The van der Waals surface area contributed by atoms with Crippen molar-refractivity contribution in [1.82, 2.24) is 9.80 Å². The summed E-state index contributed by atoms with van der Waals surface area (Å²) in [6.07, 6.45) is 5.66. The Balaban J connectivity index is 1.44. The van der Waals surface area contributed by atoms with E-state index >= 15 is 0 Å². The molecule has 0 radical (unpaired) electrons. The summed E-state index contributed by atoms with van der Waals surface area (Å²) in [7, 11) is 1.65. The van der Waals surface area contributed by atoms with Gasteiger partial charge in [-0.25, -0.2) is 0 Å². The van der Waals surface area contributed by atoms with Crippen LogP contribution in [-0.4, -0.2) is 54.9 Å². The molecule has 25 heavy (non-hydrogen) atoms. The molecule has 0 atom stereocenters. The molecular formula is C20H28N2O3. The first kappa shape index (κ1) is 17.8. The molecule has 0 N–H and O–H groups in total. The Labute approximate surface area is 149 Å². The van der Waals surface area contributed by atoms with Crippen LogP contribution in [0.15, 0.2) is 24.3 Å². The first-order chi connectivity index (χ1) is 12.2. The largest absolute Gasteiger partial charge is 0.497 e. The molecule has 0 unspecified atom stereocenters. The highest BCUT2D eigenvalue weighted by Gasteiger charge is 2.30. The van der Waals surface area contributed by atoms with E-state index in [-0.39, 0.29) is 11.8 Å². The SMILES string of the molecule is COc1cccc(CCC(=O)N2CCN(C(=O)C3CCCC3)CC2)c1. The molecule has 5 nitrogen and oxygen atoms in total. The highest BCUT2D eigenvalue weighted by Crippen LogP contribution is 2.27. The van der Waals surface area contributed by atoms with Crippen LogP contribution in [0.2, 0.25) is 0 Å². The number of hydrogen-bond donors (Lipinski definition) is 0. The van der Waals surface area contributed by atoms with E-state index in [1.165, 1.54) is 12.8 Å². The summed E-state index contributed by atoms with van der Waals surface area (Å²) in [6.45, 7) is 2.69. The Hall–Kier alpha value is -2.04. The van der Waals surface area contributed by atoms with Gasteiger partial charge < -0.3 is 14.5 Å². The average molecular weight is 344 g/mol. The highest BCUT2D eigenvalue weighted by atomic mass is 16.5. The second-order valence-electron chi connectivity index (χ2n) is 7.04. The number of aryl methyl sites for hydroxylation is 1. The molecule has 1 saturated carbocycles. The van der Waals surface area contributed by atoms with Crippen molar-refractivity contribution in [3.63, 3.8) is 0 Å². The molecule has 1 heterocycles. The Kier molecular flexibility index (Phi) is 5.95. The van der Waals surface area contributed by atoms with Crippen LogP contribution < -0.4 is 4.74 Å². The monoisotopic (exact) mass is 344 g/mol. The van der Waals surface area contributed by atoms with Gasteiger partial charge in [-0.2, -0.15) is 0 Å². The minimum absolute atomic E-state index is 0.177. The number of nitrogens with zero attached hydrogens (tertiary/aromatic N) is 2. The second kappa shape index (κ2) is 8.37. The van der Waals surface area contributed by atoms with Gasteiger partial charge in [0.05, 0.1) is 7.11 Å². The summed E-state index contributed by atoms with van der Waals surface area (Å²) in [5, 5.41) is 0. The van der Waals surface area contributed by atoms with Crippen molar-refractivity contribution in [1.29, 1.82) is 0 Å². The molecule has 5 heteroatoms. The van der Waals surface area contributed by atoms with Crippen LogP contribution in [0, 0.1) is 5.92 Å². The van der Waals surface area contributed by atoms with Crippen molar-refractivity contribution in [2.45, 2.75) is 38.5 Å². The van der Waals surface area contributed by atoms with E-state index in [0.717, 1.165) is 30.6 Å². The van der Waals surface area contributed by atoms with E-state index in [1.54, 1.807) is 7.11 Å². The molecule has 2 amide bonds. The van der Waals surface area contributed by atoms with Crippen molar-refractivity contribution >= 4 is 11.8 Å². The first-order valence-electron chi connectivity index (χ1n) is 9.37. The van der Waals surface area contributed by atoms with E-state index in [4.69, 9.17) is 4.74 Å². The van der Waals surface area contributed by atoms with Crippen LogP contribution in [0.5, 0.6) is 5.75 Å². The molecule has 1 aromatic carbocycles. The van der Waals surface area contributed by atoms with Gasteiger partial charge in [-0.15, -0.1) is 0 Å². The number of carbonyl (C=O) groups excluding carboxylic acids is 2. The van der Waals surface area contributed by atoms with Crippen molar-refractivity contribution in [3.05, 3.63) is 29.8 Å². The lowest BCUT2D eigenvalue weighted by Crippen LogP contribution is -2.51. The van der Waals surface area contributed by atoms with Crippen LogP contribution in [0.25, 0.3) is 0 Å². The Morgan fingerprint density at radius 1 is 1.08 bits per heavy atom. The molecule has 0 spiro atoms. The molecule has 1 aliphatic carbocycles. The number of piperazine rings is 1. The minimum atomic E-state index is 0.177. The van der Waals surface area contributed by atoms with E-state index < -0.39 is 0 Å². The second-order valence-corrected chi connectivity index (χ2v) is 7.04. The van der Waals surface area contributed by atoms with E-state index in [0.29, 0.717) is 38.5 Å². The van der Waals surface area contributed by atoms with Crippen LogP contribution in [0.3, 0.4) is 0 Å². The summed E-state index contributed by atoms with van der Waals surface area (Å²) in [5.74, 6) is 1.54. The number of ether oxygens (including phenoxy) is 1. The average Bonchev–Trinajstić information content (AvgIpc) is 3.20. The van der Waals surface area contributed by atoms with Gasteiger partial charge in [-0.05, 0) is 37.0 Å². The molecule has 1 aromatic rings. The molecule has 1 aliphatic heterocycles. The maximum absolute atomic E-state index is 12.5. The molecule has 0 bridgehead atoms. The fourth-order valence-electron chi connectivity index (χ4n) is 3.84. The first-order valence-corrected chi connectivity index (χ1v) is 9.37. The fourth-order valence-corrected chi connectivity index (χ4v) is 3.84. The number of carbonyl (C=O) groups is 2. The topological polar surface area (TPSA) is 49.9 Å². The Morgan fingerprint density at radius 3 is 2.44 bits per heavy atom. The van der Waals surface area contributed by atoms with Crippen LogP contribution in [0.1, 0.15) is 37.7 Å². The lowest BCUT2D eigenvalue weighted by atomic mass is 10.1. The van der Waals surface area contributed by atoms with Gasteiger partial charge in [0.15, 0.2) is 0 Å². The third-order valence-corrected chi connectivity index (χ3v) is 5.41. The third-order valence-electron chi connectivity index (χ3n) is 5.41. The molecule has 2 aliphatic rings. The number of rotatable bonds is 5. The minimum Gasteiger partial charge on any atom is -0.497 e. The fraction of sp³-hybridized carbons (Fsp3) is 0.600. The lowest BCUT2D eigenvalue weighted by Gasteiger charge is -2.36. The standard InChI is InChI=1S/C20H28N2O3/c1-25-18-8-4-5-16(15-18)9-10-19(23)21-11-13-22(14-12-21)20(24)17-6-2-3-7-17/h4-5,8,15,17H,2-3,6-7,9-14H2,1H3. The summed E-state index contributed by atoms with van der Waals surface area (Å²) in [4.78, 5) is 28.8. The normalized spacial score (nSPS) is 18.4. The van der Waals surface area contributed by atoms with Gasteiger partial charge in [0.1, 0.15) is 5.75 Å². The smallest absolute Gasteiger partial charge is 0.225 e. The maximum atomic E-state index is 12.5. The van der Waals surface area contributed by atoms with Gasteiger partial charge >= 0.3 is 0 Å². The molecule has 3 rings (SSSR count). The summed E-state index contributed by atoms with van der Waals surface area (Å²) in [6, 6.07) is 7.86. The zero-order chi connectivity index (χ0) is 17.6.